The first-order chi connectivity index (χ1) is 18.9. The minimum absolute atomic E-state index is 0.0124. The van der Waals surface area contributed by atoms with Gasteiger partial charge in [0, 0.05) is 16.2 Å². The molecule has 1 aliphatic heterocycles. The highest BCUT2D eigenvalue weighted by molar-refractivity contribution is 8.00. The van der Waals surface area contributed by atoms with Crippen molar-refractivity contribution in [2.24, 2.45) is 5.92 Å². The Bertz CT molecular complexity index is 1700. The molecule has 0 bridgehead atoms. The minimum atomic E-state index is -1.36. The van der Waals surface area contributed by atoms with E-state index in [1.54, 1.807) is 66.7 Å². The lowest BCUT2D eigenvalue weighted by atomic mass is 9.88. The number of benzene rings is 3. The highest BCUT2D eigenvalue weighted by atomic mass is 35.5. The van der Waals surface area contributed by atoms with E-state index >= 15 is 0 Å². The molecule has 2 atom stereocenters. The van der Waals surface area contributed by atoms with Crippen LogP contribution in [0.3, 0.4) is 0 Å². The van der Waals surface area contributed by atoms with E-state index in [-0.39, 0.29) is 16.7 Å². The smallest absolute Gasteiger partial charge is 0.297 e. The quantitative estimate of drug-likeness (QED) is 0.0714. The van der Waals surface area contributed by atoms with Crippen LogP contribution in [0.5, 0.6) is 0 Å². The van der Waals surface area contributed by atoms with Gasteiger partial charge in [-0.1, -0.05) is 83.2 Å². The van der Waals surface area contributed by atoms with E-state index < -0.39 is 29.4 Å². The maximum absolute atomic E-state index is 14.0. The number of hydrogen-bond donors (Lipinski definition) is 0. The van der Waals surface area contributed by atoms with Gasteiger partial charge in [-0.25, -0.2) is 4.39 Å². The number of amides is 1. The van der Waals surface area contributed by atoms with Gasteiger partial charge in [0.05, 0.1) is 6.04 Å². The molecule has 1 amide bonds. The molecular weight excluding hydrogens is 561 g/mol. The van der Waals surface area contributed by atoms with E-state index in [0.29, 0.717) is 37.2 Å². The Morgan fingerprint density at radius 1 is 1.03 bits per heavy atom. The second kappa shape index (κ2) is 10.4. The topological polar surface area (TPSA) is 93.4 Å². The van der Waals surface area contributed by atoms with Gasteiger partial charge in [0.25, 0.3) is 5.91 Å². The molecule has 39 heavy (non-hydrogen) atoms. The maximum Gasteiger partial charge on any atom is 0.297 e. The summed E-state index contributed by atoms with van der Waals surface area (Å²) >= 11 is 8.43. The number of carbonyl (C=O) groups is 3. The van der Waals surface area contributed by atoms with Crippen molar-refractivity contribution in [1.82, 2.24) is 10.2 Å². The summed E-state index contributed by atoms with van der Waals surface area (Å²) in [7, 11) is 0. The van der Waals surface area contributed by atoms with Crippen LogP contribution in [-0.4, -0.2) is 27.7 Å². The van der Waals surface area contributed by atoms with E-state index in [1.807, 2.05) is 6.07 Å². The fourth-order valence-corrected chi connectivity index (χ4v) is 6.50. The lowest BCUT2D eigenvalue weighted by Crippen LogP contribution is -2.30. The second-order valence-electron chi connectivity index (χ2n) is 8.76. The van der Waals surface area contributed by atoms with Crippen LogP contribution in [0.25, 0.3) is 11.0 Å². The molecule has 3 heterocycles. The Morgan fingerprint density at radius 3 is 2.54 bits per heavy atom. The third-order valence-electron chi connectivity index (χ3n) is 6.38. The SMILES string of the molecule is O=C1C(=O)N(c2nnc(SCc3ccccc3F)s2)C(c2ccc(Cl)cc2)C1C(=O)c1cc2ccccc2o1. The van der Waals surface area contributed by atoms with Crippen LogP contribution < -0.4 is 4.90 Å². The van der Waals surface area contributed by atoms with E-state index in [1.165, 1.54) is 22.7 Å². The number of ketones is 2. The van der Waals surface area contributed by atoms with Crippen LogP contribution in [0.4, 0.5) is 9.52 Å². The number of para-hydroxylation sites is 1. The van der Waals surface area contributed by atoms with Crippen molar-refractivity contribution in [2.75, 3.05) is 4.90 Å². The Hall–Kier alpha value is -3.86. The summed E-state index contributed by atoms with van der Waals surface area (Å²) in [5, 5.41) is 9.63. The first kappa shape index (κ1) is 25.4. The number of rotatable bonds is 7. The fourth-order valence-electron chi connectivity index (χ4n) is 4.51. The summed E-state index contributed by atoms with van der Waals surface area (Å²) in [6, 6.07) is 20.7. The number of anilines is 1. The first-order valence-corrected chi connectivity index (χ1v) is 13.9. The molecule has 1 saturated heterocycles. The Balaban J connectivity index is 1.36. The van der Waals surface area contributed by atoms with E-state index in [9.17, 15) is 18.8 Å². The van der Waals surface area contributed by atoms with Crippen LogP contribution in [0, 0.1) is 11.7 Å². The normalized spacial score (nSPS) is 17.3. The summed E-state index contributed by atoms with van der Waals surface area (Å²) < 4.78 is 20.3. The van der Waals surface area contributed by atoms with E-state index in [4.69, 9.17) is 16.0 Å². The Kier molecular flexibility index (Phi) is 6.76. The zero-order valence-electron chi connectivity index (χ0n) is 19.9. The average Bonchev–Trinajstić information content (AvgIpc) is 3.65. The number of carbonyl (C=O) groups excluding carboxylic acids is 3. The molecule has 1 aliphatic rings. The van der Waals surface area contributed by atoms with Gasteiger partial charge in [0.1, 0.15) is 17.3 Å². The van der Waals surface area contributed by atoms with Gasteiger partial charge in [0.2, 0.25) is 16.7 Å². The number of Topliss-reactive ketones (excluding diaryl/α,β-unsaturated/α-hetero) is 2. The second-order valence-corrected chi connectivity index (χ2v) is 11.4. The minimum Gasteiger partial charge on any atom is -0.453 e. The fraction of sp³-hybridized carbons (Fsp3) is 0.107. The molecule has 0 aliphatic carbocycles. The molecule has 2 unspecified atom stereocenters. The number of furan rings is 1. The van der Waals surface area contributed by atoms with E-state index in [0.717, 1.165) is 11.3 Å². The molecule has 2 aromatic heterocycles. The molecule has 11 heteroatoms. The highest BCUT2D eigenvalue weighted by Gasteiger charge is 2.54. The maximum atomic E-state index is 14.0. The van der Waals surface area contributed by atoms with Crippen molar-refractivity contribution in [3.8, 4) is 0 Å². The summed E-state index contributed by atoms with van der Waals surface area (Å²) in [5.74, 6) is -3.74. The summed E-state index contributed by atoms with van der Waals surface area (Å²) in [6.07, 6.45) is 0. The van der Waals surface area contributed by atoms with Gasteiger partial charge >= 0.3 is 0 Å². The molecule has 3 aromatic carbocycles. The predicted octanol–water partition coefficient (Wildman–Crippen LogP) is 6.53. The van der Waals surface area contributed by atoms with Crippen molar-refractivity contribution in [1.29, 1.82) is 0 Å². The lowest BCUT2D eigenvalue weighted by Gasteiger charge is -2.24. The number of halogens is 2. The molecule has 6 rings (SSSR count). The summed E-state index contributed by atoms with van der Waals surface area (Å²) in [6.45, 7) is 0. The molecule has 194 valence electrons. The average molecular weight is 578 g/mol. The summed E-state index contributed by atoms with van der Waals surface area (Å²) in [4.78, 5) is 41.6. The molecular formula is C28H17ClFN3O4S2. The molecule has 0 N–H and O–H groups in total. The lowest BCUT2D eigenvalue weighted by molar-refractivity contribution is -0.135. The number of aromatic nitrogens is 2. The third-order valence-corrected chi connectivity index (χ3v) is 8.74. The zero-order valence-corrected chi connectivity index (χ0v) is 22.3. The van der Waals surface area contributed by atoms with Crippen molar-refractivity contribution in [3.05, 3.63) is 107 Å². The number of fused-ring (bicyclic) bond motifs is 1. The van der Waals surface area contributed by atoms with Gasteiger partial charge in [-0.2, -0.15) is 0 Å². The van der Waals surface area contributed by atoms with Gasteiger partial charge in [-0.05, 0) is 41.5 Å². The van der Waals surface area contributed by atoms with Crippen LogP contribution in [0.2, 0.25) is 5.02 Å². The van der Waals surface area contributed by atoms with Gasteiger partial charge in [0.15, 0.2) is 10.1 Å². The van der Waals surface area contributed by atoms with Crippen LogP contribution in [0.1, 0.15) is 27.7 Å². The van der Waals surface area contributed by atoms with Crippen molar-refractivity contribution in [3.63, 3.8) is 0 Å². The molecule has 0 radical (unpaired) electrons. The summed E-state index contributed by atoms with van der Waals surface area (Å²) in [5.41, 5.74) is 1.53. The molecule has 7 nitrogen and oxygen atoms in total. The molecule has 1 fully saturated rings. The number of hydrogen-bond acceptors (Lipinski definition) is 8. The van der Waals surface area contributed by atoms with E-state index in [2.05, 4.69) is 10.2 Å². The van der Waals surface area contributed by atoms with Crippen molar-refractivity contribution < 1.29 is 23.2 Å². The first-order valence-electron chi connectivity index (χ1n) is 11.8. The Labute approximate surface area is 234 Å². The molecule has 0 spiro atoms. The number of nitrogens with zero attached hydrogens (tertiary/aromatic N) is 3. The van der Waals surface area contributed by atoms with Gasteiger partial charge in [-0.3, -0.25) is 19.3 Å². The van der Waals surface area contributed by atoms with Crippen LogP contribution in [-0.2, 0) is 15.3 Å². The Morgan fingerprint density at radius 2 is 1.77 bits per heavy atom. The van der Waals surface area contributed by atoms with Crippen molar-refractivity contribution >= 4 is 68.3 Å². The van der Waals surface area contributed by atoms with Crippen LogP contribution in [0.15, 0.2) is 87.6 Å². The van der Waals surface area contributed by atoms with Gasteiger partial charge < -0.3 is 4.42 Å². The third kappa shape index (κ3) is 4.75. The monoisotopic (exact) mass is 577 g/mol. The molecule has 5 aromatic rings. The van der Waals surface area contributed by atoms with Crippen molar-refractivity contribution in [2.45, 2.75) is 16.1 Å². The molecule has 0 saturated carbocycles. The number of thioether (sulfide) groups is 1. The largest absolute Gasteiger partial charge is 0.453 e. The standard InChI is InChI=1S/C28H17ClFN3O4S2/c29-18-11-9-15(10-12-18)23-22(24(34)21-13-16-5-2-4-8-20(16)37-21)25(35)26(36)33(23)27-31-32-28(39-27)38-14-17-6-1-3-7-19(17)30/h1-13,22-23H,14H2. The highest BCUT2D eigenvalue weighted by Crippen LogP contribution is 2.44. The van der Waals surface area contributed by atoms with Crippen LogP contribution >= 0.6 is 34.7 Å². The zero-order chi connectivity index (χ0) is 27.1. The van der Waals surface area contributed by atoms with Gasteiger partial charge in [-0.15, -0.1) is 10.2 Å². The predicted molar refractivity (Wildman–Crippen MR) is 147 cm³/mol.